The van der Waals surface area contributed by atoms with Crippen LogP contribution in [0.5, 0.6) is 0 Å². The summed E-state index contributed by atoms with van der Waals surface area (Å²) in [5.41, 5.74) is 3.97. The van der Waals surface area contributed by atoms with E-state index in [1.807, 2.05) is 42.8 Å². The average Bonchev–Trinajstić information content (AvgIpc) is 2.83. The highest BCUT2D eigenvalue weighted by Gasteiger charge is 2.07. The molecule has 0 bridgehead atoms. The van der Waals surface area contributed by atoms with Crippen molar-refractivity contribution in [2.45, 2.75) is 39.8 Å². The van der Waals surface area contributed by atoms with Crippen LogP contribution in [0.3, 0.4) is 0 Å². The summed E-state index contributed by atoms with van der Waals surface area (Å²) in [7, 11) is 0. The molecule has 6 heteroatoms. The van der Waals surface area contributed by atoms with Crippen molar-refractivity contribution in [1.29, 1.82) is 0 Å². The van der Waals surface area contributed by atoms with Gasteiger partial charge in [-0.05, 0) is 38.0 Å². The van der Waals surface area contributed by atoms with Crippen LogP contribution in [0.4, 0.5) is 5.69 Å². The van der Waals surface area contributed by atoms with E-state index in [0.717, 1.165) is 29.2 Å². The highest BCUT2D eigenvalue weighted by molar-refractivity contribution is 5.67. The summed E-state index contributed by atoms with van der Waals surface area (Å²) in [5.74, 6) is -0.776. The topological polar surface area (TPSA) is 80.0 Å². The number of rotatable bonds is 7. The van der Waals surface area contributed by atoms with Gasteiger partial charge in [0.15, 0.2) is 0 Å². The van der Waals surface area contributed by atoms with Crippen molar-refractivity contribution < 1.29 is 9.90 Å². The number of aryl methyl sites for hydroxylation is 3. The van der Waals surface area contributed by atoms with Gasteiger partial charge in [-0.15, -0.1) is 5.10 Å². The Morgan fingerprint density at radius 1 is 1.43 bits per heavy atom. The largest absolute Gasteiger partial charge is 0.481 e. The Hall–Kier alpha value is -2.37. The van der Waals surface area contributed by atoms with Crippen molar-refractivity contribution in [1.82, 2.24) is 15.0 Å². The molecule has 1 aromatic carbocycles. The molecule has 0 aliphatic heterocycles. The van der Waals surface area contributed by atoms with Gasteiger partial charge in [-0.2, -0.15) is 0 Å². The summed E-state index contributed by atoms with van der Waals surface area (Å²) in [5, 5.41) is 20.2. The molecule has 0 unspecified atom stereocenters. The van der Waals surface area contributed by atoms with Gasteiger partial charge in [-0.25, -0.2) is 4.68 Å². The van der Waals surface area contributed by atoms with Gasteiger partial charge >= 0.3 is 5.97 Å². The highest BCUT2D eigenvalue weighted by Crippen LogP contribution is 2.14. The lowest BCUT2D eigenvalue weighted by Crippen LogP contribution is -2.09. The lowest BCUT2D eigenvalue weighted by atomic mass is 10.1. The Morgan fingerprint density at radius 3 is 2.95 bits per heavy atom. The molecular formula is C15H20N4O2. The lowest BCUT2D eigenvalue weighted by molar-refractivity contribution is -0.136. The minimum Gasteiger partial charge on any atom is -0.481 e. The Kier molecular flexibility index (Phi) is 4.92. The zero-order valence-electron chi connectivity index (χ0n) is 12.3. The van der Waals surface area contributed by atoms with Crippen molar-refractivity contribution in [3.05, 3.63) is 41.2 Å². The molecule has 0 fully saturated rings. The first-order chi connectivity index (χ1) is 10.1. The number of aromatic nitrogens is 3. The fourth-order valence-electron chi connectivity index (χ4n) is 2.17. The first-order valence-corrected chi connectivity index (χ1v) is 7.03. The third-order valence-corrected chi connectivity index (χ3v) is 3.35. The first kappa shape index (κ1) is 15.0. The number of hydrogen-bond acceptors (Lipinski definition) is 4. The molecule has 0 saturated carbocycles. The average molecular weight is 288 g/mol. The highest BCUT2D eigenvalue weighted by atomic mass is 16.4. The molecule has 2 N–H and O–H groups in total. The number of anilines is 1. The Labute approximate surface area is 123 Å². The Balaban J connectivity index is 2.01. The summed E-state index contributed by atoms with van der Waals surface area (Å²) in [4.78, 5) is 10.6. The van der Waals surface area contributed by atoms with Crippen molar-refractivity contribution in [3.8, 4) is 0 Å². The van der Waals surface area contributed by atoms with Crippen LogP contribution in [0.25, 0.3) is 0 Å². The van der Waals surface area contributed by atoms with Crippen LogP contribution in [-0.4, -0.2) is 26.1 Å². The predicted octanol–water partition coefficient (Wildman–Crippen LogP) is 2.24. The van der Waals surface area contributed by atoms with Gasteiger partial charge in [0.1, 0.15) is 0 Å². The van der Waals surface area contributed by atoms with E-state index in [2.05, 4.69) is 15.6 Å². The third kappa shape index (κ3) is 4.05. The van der Waals surface area contributed by atoms with Crippen LogP contribution in [0.1, 0.15) is 30.3 Å². The monoisotopic (exact) mass is 288 g/mol. The molecule has 112 valence electrons. The van der Waals surface area contributed by atoms with E-state index >= 15 is 0 Å². The molecule has 0 saturated heterocycles. The van der Waals surface area contributed by atoms with Crippen LogP contribution in [-0.2, 0) is 24.3 Å². The molecule has 0 amide bonds. The fourth-order valence-corrected chi connectivity index (χ4v) is 2.17. The van der Waals surface area contributed by atoms with E-state index in [1.165, 1.54) is 0 Å². The molecule has 2 aromatic rings. The smallest absolute Gasteiger partial charge is 0.303 e. The van der Waals surface area contributed by atoms with Crippen molar-refractivity contribution in [2.75, 3.05) is 5.32 Å². The number of carbonyl (C=O) groups is 1. The summed E-state index contributed by atoms with van der Waals surface area (Å²) in [6.07, 6.45) is 0.688. The van der Waals surface area contributed by atoms with Gasteiger partial charge in [0.25, 0.3) is 0 Å². The normalized spacial score (nSPS) is 10.6. The number of carboxylic acid groups (broad SMARTS) is 1. The minimum atomic E-state index is -0.776. The van der Waals surface area contributed by atoms with Crippen molar-refractivity contribution in [3.63, 3.8) is 0 Å². The van der Waals surface area contributed by atoms with Gasteiger partial charge in [-0.3, -0.25) is 4.79 Å². The van der Waals surface area contributed by atoms with Gasteiger partial charge < -0.3 is 10.4 Å². The van der Waals surface area contributed by atoms with E-state index in [-0.39, 0.29) is 6.42 Å². The summed E-state index contributed by atoms with van der Waals surface area (Å²) in [6.45, 7) is 5.41. The SMILES string of the molecule is CCn1nnc(C)c1CNc1cccc(CCC(=O)O)c1. The van der Waals surface area contributed by atoms with Gasteiger partial charge in [0.05, 0.1) is 17.9 Å². The summed E-state index contributed by atoms with van der Waals surface area (Å²) in [6, 6.07) is 7.83. The third-order valence-electron chi connectivity index (χ3n) is 3.35. The Morgan fingerprint density at radius 2 is 2.24 bits per heavy atom. The number of nitrogens with zero attached hydrogens (tertiary/aromatic N) is 3. The second-order valence-corrected chi connectivity index (χ2v) is 4.88. The molecule has 0 spiro atoms. The summed E-state index contributed by atoms with van der Waals surface area (Å²) >= 11 is 0. The minimum absolute atomic E-state index is 0.148. The van der Waals surface area contributed by atoms with Crippen LogP contribution >= 0.6 is 0 Å². The van der Waals surface area contributed by atoms with Crippen LogP contribution < -0.4 is 5.32 Å². The van der Waals surface area contributed by atoms with Gasteiger partial charge in [-0.1, -0.05) is 17.3 Å². The number of aliphatic carboxylic acids is 1. The molecule has 2 rings (SSSR count). The maximum absolute atomic E-state index is 10.6. The summed E-state index contributed by atoms with van der Waals surface area (Å²) < 4.78 is 1.87. The zero-order valence-corrected chi connectivity index (χ0v) is 12.3. The maximum Gasteiger partial charge on any atom is 0.303 e. The van der Waals surface area contributed by atoms with Gasteiger partial charge in [0, 0.05) is 18.7 Å². The van der Waals surface area contributed by atoms with E-state index in [1.54, 1.807) is 0 Å². The molecule has 1 heterocycles. The molecular weight excluding hydrogens is 268 g/mol. The second-order valence-electron chi connectivity index (χ2n) is 4.88. The molecule has 21 heavy (non-hydrogen) atoms. The quantitative estimate of drug-likeness (QED) is 0.816. The molecule has 0 aliphatic rings. The zero-order chi connectivity index (χ0) is 15.2. The van der Waals surface area contributed by atoms with Crippen molar-refractivity contribution >= 4 is 11.7 Å². The number of hydrogen-bond donors (Lipinski definition) is 2. The van der Waals surface area contributed by atoms with Crippen LogP contribution in [0.2, 0.25) is 0 Å². The fraction of sp³-hybridized carbons (Fsp3) is 0.400. The van der Waals surface area contributed by atoms with Gasteiger partial charge in [0.2, 0.25) is 0 Å². The number of nitrogens with one attached hydrogen (secondary N) is 1. The second kappa shape index (κ2) is 6.88. The Bertz CT molecular complexity index is 622. The van der Waals surface area contributed by atoms with E-state index in [4.69, 9.17) is 5.11 Å². The predicted molar refractivity (Wildman–Crippen MR) is 80.2 cm³/mol. The van der Waals surface area contributed by atoms with E-state index in [9.17, 15) is 4.79 Å². The number of carboxylic acids is 1. The maximum atomic E-state index is 10.6. The molecule has 1 aromatic heterocycles. The molecule has 0 aliphatic carbocycles. The lowest BCUT2D eigenvalue weighted by Gasteiger charge is -2.09. The van der Waals surface area contributed by atoms with E-state index < -0.39 is 5.97 Å². The van der Waals surface area contributed by atoms with Crippen LogP contribution in [0.15, 0.2) is 24.3 Å². The van der Waals surface area contributed by atoms with Crippen molar-refractivity contribution in [2.24, 2.45) is 0 Å². The van der Waals surface area contributed by atoms with E-state index in [0.29, 0.717) is 13.0 Å². The molecule has 0 atom stereocenters. The molecule has 0 radical (unpaired) electrons. The standard InChI is InChI=1S/C15H20N4O2/c1-3-19-14(11(2)17-18-19)10-16-13-6-4-5-12(9-13)7-8-15(20)21/h4-6,9,16H,3,7-8,10H2,1-2H3,(H,20,21). The first-order valence-electron chi connectivity index (χ1n) is 7.03. The van der Waals surface area contributed by atoms with Crippen LogP contribution in [0, 0.1) is 6.92 Å². The number of benzene rings is 1. The molecule has 6 nitrogen and oxygen atoms in total.